The Morgan fingerprint density at radius 1 is 0.923 bits per heavy atom. The molecule has 1 aromatic heterocycles. The van der Waals surface area contributed by atoms with Crippen molar-refractivity contribution in [1.29, 1.82) is 5.26 Å². The maximum absolute atomic E-state index is 14.0. The number of carbonyl (C=O) groups is 4. The van der Waals surface area contributed by atoms with Gasteiger partial charge in [-0.2, -0.15) is 5.26 Å². The van der Waals surface area contributed by atoms with Crippen molar-refractivity contribution in [1.82, 2.24) is 10.2 Å². The van der Waals surface area contributed by atoms with Gasteiger partial charge in [0.25, 0.3) is 11.8 Å². The SMILES string of the molecule is CC(=O)N1CCc2c(sc(NC(=O)C(Sc3cccc(NC(=O)/C(=C\c4cccc(Br)c4)NC(=O)c4ccccc4)c3)c3ccccc3)c2C#N)C1. The highest BCUT2D eigenvalue weighted by Gasteiger charge is 2.29. The molecule has 0 saturated carbocycles. The number of nitriles is 1. The van der Waals surface area contributed by atoms with Gasteiger partial charge >= 0.3 is 0 Å². The molecule has 0 aliphatic carbocycles. The molecule has 12 heteroatoms. The van der Waals surface area contributed by atoms with Crippen LogP contribution in [-0.4, -0.2) is 35.1 Å². The Hall–Kier alpha value is -5.48. The lowest BCUT2D eigenvalue weighted by Crippen LogP contribution is -2.33. The number of halogens is 1. The number of thiophene rings is 1. The van der Waals surface area contributed by atoms with Gasteiger partial charge < -0.3 is 20.9 Å². The van der Waals surface area contributed by atoms with Crippen molar-refractivity contribution in [3.8, 4) is 6.07 Å². The Morgan fingerprint density at radius 3 is 2.37 bits per heavy atom. The largest absolute Gasteiger partial charge is 0.337 e. The zero-order chi connectivity index (χ0) is 36.6. The van der Waals surface area contributed by atoms with Gasteiger partial charge in [0, 0.05) is 39.0 Å². The Bertz CT molecular complexity index is 2220. The Labute approximate surface area is 317 Å². The van der Waals surface area contributed by atoms with Crippen molar-refractivity contribution in [2.45, 2.75) is 30.0 Å². The second-order valence-corrected chi connectivity index (χ2v) is 15.0. The van der Waals surface area contributed by atoms with E-state index < -0.39 is 17.1 Å². The smallest absolute Gasteiger partial charge is 0.272 e. The molecule has 0 fully saturated rings. The minimum Gasteiger partial charge on any atom is -0.337 e. The minimum absolute atomic E-state index is 0.0317. The number of fused-ring (bicyclic) bond motifs is 1. The summed E-state index contributed by atoms with van der Waals surface area (Å²) in [6.07, 6.45) is 2.15. The Kier molecular flexibility index (Phi) is 11.7. The van der Waals surface area contributed by atoms with E-state index in [9.17, 15) is 24.4 Å². The topological polar surface area (TPSA) is 131 Å². The molecule has 1 unspecified atom stereocenters. The number of rotatable bonds is 10. The van der Waals surface area contributed by atoms with Crippen molar-refractivity contribution < 1.29 is 19.2 Å². The molecule has 4 amide bonds. The molecule has 1 atom stereocenters. The normalized spacial score (nSPS) is 12.9. The van der Waals surface area contributed by atoms with Gasteiger partial charge in [-0.15, -0.1) is 23.1 Å². The molecule has 4 aromatic carbocycles. The lowest BCUT2D eigenvalue weighted by Gasteiger charge is -2.25. The van der Waals surface area contributed by atoms with Crippen LogP contribution in [0.2, 0.25) is 0 Å². The molecule has 1 aliphatic rings. The van der Waals surface area contributed by atoms with Gasteiger partial charge in [0.05, 0.1) is 12.1 Å². The molecule has 9 nitrogen and oxygen atoms in total. The quantitative estimate of drug-likeness (QED) is 0.0967. The Balaban J connectivity index is 1.23. The average molecular weight is 791 g/mol. The summed E-state index contributed by atoms with van der Waals surface area (Å²) in [6, 6.07) is 34.7. The maximum Gasteiger partial charge on any atom is 0.272 e. The first kappa shape index (κ1) is 36.3. The highest BCUT2D eigenvalue weighted by Crippen LogP contribution is 2.40. The highest BCUT2D eigenvalue weighted by atomic mass is 79.9. The van der Waals surface area contributed by atoms with Crippen LogP contribution in [0.1, 0.15) is 49.7 Å². The number of thioether (sulfide) groups is 1. The second kappa shape index (κ2) is 16.7. The molecular weight excluding hydrogens is 759 g/mol. The number of nitrogens with zero attached hydrogens (tertiary/aromatic N) is 2. The number of hydrogen-bond acceptors (Lipinski definition) is 7. The highest BCUT2D eigenvalue weighted by molar-refractivity contribution is 9.10. The van der Waals surface area contributed by atoms with Gasteiger partial charge in [-0.3, -0.25) is 19.2 Å². The second-order valence-electron chi connectivity index (χ2n) is 11.8. The summed E-state index contributed by atoms with van der Waals surface area (Å²) < 4.78 is 0.819. The molecule has 5 aromatic rings. The van der Waals surface area contributed by atoms with E-state index in [1.54, 1.807) is 59.5 Å². The van der Waals surface area contributed by atoms with Crippen molar-refractivity contribution in [3.05, 3.63) is 152 Å². The van der Waals surface area contributed by atoms with Crippen molar-refractivity contribution in [2.24, 2.45) is 0 Å². The van der Waals surface area contributed by atoms with Crippen molar-refractivity contribution in [3.63, 3.8) is 0 Å². The summed E-state index contributed by atoms with van der Waals surface area (Å²) in [6.45, 7) is 2.46. The number of anilines is 2. The van der Waals surface area contributed by atoms with E-state index in [1.807, 2.05) is 60.7 Å². The van der Waals surface area contributed by atoms with E-state index in [1.165, 1.54) is 30.0 Å². The third-order valence-corrected chi connectivity index (χ3v) is 11.1. The van der Waals surface area contributed by atoms with Crippen LogP contribution in [0.25, 0.3) is 6.08 Å². The molecular formula is C40H32BrN5O4S2. The molecule has 0 bridgehead atoms. The molecule has 6 rings (SSSR count). The minimum atomic E-state index is -0.705. The van der Waals surface area contributed by atoms with E-state index in [0.717, 1.165) is 20.5 Å². The maximum atomic E-state index is 14.0. The van der Waals surface area contributed by atoms with Gasteiger partial charge in [-0.25, -0.2) is 0 Å². The zero-order valence-corrected chi connectivity index (χ0v) is 31.1. The first-order valence-electron chi connectivity index (χ1n) is 16.3. The summed E-state index contributed by atoms with van der Waals surface area (Å²) in [4.78, 5) is 56.2. The van der Waals surface area contributed by atoms with E-state index in [2.05, 4.69) is 37.9 Å². The first-order valence-corrected chi connectivity index (χ1v) is 18.7. The molecule has 0 spiro atoms. The fraction of sp³-hybridized carbons (Fsp3) is 0.125. The van der Waals surface area contributed by atoms with Crippen LogP contribution in [0.15, 0.2) is 124 Å². The fourth-order valence-corrected chi connectivity index (χ4v) is 8.36. The average Bonchev–Trinajstić information content (AvgIpc) is 3.50. The standard InChI is InChI=1S/C40H32BrN5O4S2/c1-25(47)46-19-18-32-33(23-42)40(52-35(32)24-46)45-39(50)36(27-11-4-2-5-12-27)51-31-17-9-16-30(22-31)43-38(49)34(21-26-10-8-15-29(41)20-26)44-37(48)28-13-6-3-7-14-28/h2-17,20-22,36H,18-19,24H2,1H3,(H,43,49)(H,44,48)(H,45,50)/b34-21+. The van der Waals surface area contributed by atoms with Crippen molar-refractivity contribution in [2.75, 3.05) is 17.2 Å². The zero-order valence-electron chi connectivity index (χ0n) is 27.9. The summed E-state index contributed by atoms with van der Waals surface area (Å²) in [5.41, 5.74) is 3.68. The molecule has 3 N–H and O–H groups in total. The van der Waals surface area contributed by atoms with Crippen molar-refractivity contribution >= 4 is 79.4 Å². The molecule has 0 radical (unpaired) electrons. The lowest BCUT2D eigenvalue weighted by molar-refractivity contribution is -0.129. The summed E-state index contributed by atoms with van der Waals surface area (Å²) >= 11 is 6.08. The number of nitrogens with one attached hydrogen (secondary N) is 3. The van der Waals surface area contributed by atoms with E-state index >= 15 is 0 Å². The van der Waals surface area contributed by atoms with Gasteiger partial charge in [0.1, 0.15) is 22.0 Å². The van der Waals surface area contributed by atoms with Crippen LogP contribution in [-0.2, 0) is 27.3 Å². The first-order chi connectivity index (χ1) is 25.2. The number of hydrogen-bond donors (Lipinski definition) is 3. The third kappa shape index (κ3) is 8.87. The summed E-state index contributed by atoms with van der Waals surface area (Å²) in [5.74, 6) is -1.30. The van der Waals surface area contributed by atoms with Gasteiger partial charge in [-0.1, -0.05) is 82.7 Å². The molecule has 1 aliphatic heterocycles. The Morgan fingerprint density at radius 2 is 1.65 bits per heavy atom. The molecule has 260 valence electrons. The molecule has 52 heavy (non-hydrogen) atoms. The van der Waals surface area contributed by atoms with Gasteiger partial charge in [-0.05, 0) is 71.7 Å². The van der Waals surface area contributed by atoms with E-state index in [4.69, 9.17) is 0 Å². The predicted molar refractivity (Wildman–Crippen MR) is 209 cm³/mol. The van der Waals surface area contributed by atoms with E-state index in [-0.39, 0.29) is 17.5 Å². The predicted octanol–water partition coefficient (Wildman–Crippen LogP) is 8.17. The lowest BCUT2D eigenvalue weighted by atomic mass is 10.0. The van der Waals surface area contributed by atoms with Crippen LogP contribution in [0.3, 0.4) is 0 Å². The van der Waals surface area contributed by atoms with Crippen LogP contribution < -0.4 is 16.0 Å². The number of amides is 4. The fourth-order valence-electron chi connectivity index (χ4n) is 5.64. The number of carbonyl (C=O) groups excluding carboxylic acids is 4. The van der Waals surface area contributed by atoms with Crippen LogP contribution in [0.5, 0.6) is 0 Å². The van der Waals surface area contributed by atoms with E-state index in [0.29, 0.717) is 51.8 Å². The van der Waals surface area contributed by atoms with Crippen LogP contribution in [0.4, 0.5) is 10.7 Å². The van der Waals surface area contributed by atoms with Crippen LogP contribution >= 0.6 is 39.0 Å². The summed E-state index contributed by atoms with van der Waals surface area (Å²) in [7, 11) is 0. The monoisotopic (exact) mass is 789 g/mol. The van der Waals surface area contributed by atoms with Gasteiger partial charge in [0.2, 0.25) is 11.8 Å². The molecule has 2 heterocycles. The van der Waals surface area contributed by atoms with Gasteiger partial charge in [0.15, 0.2) is 0 Å². The summed E-state index contributed by atoms with van der Waals surface area (Å²) in [5, 5.41) is 18.5. The molecule has 0 saturated heterocycles. The van der Waals surface area contributed by atoms with Crippen LogP contribution in [0, 0.1) is 11.3 Å². The number of benzene rings is 4. The third-order valence-electron chi connectivity index (χ3n) is 8.23.